The van der Waals surface area contributed by atoms with Crippen LogP contribution in [0.3, 0.4) is 0 Å². The van der Waals surface area contributed by atoms with Crippen molar-refractivity contribution in [3.8, 4) is 0 Å². The number of nitro benzene ring substituents is 1. The maximum absolute atomic E-state index is 12.2. The first-order valence-electron chi connectivity index (χ1n) is 10.0. The SMILES string of the molecule is O=C(O)CC(NC(=O)CNC(=O)CCCCNc1ccccn1)c1ccccc1[N+](=O)[O-].[H-].[Na+]. The summed E-state index contributed by atoms with van der Waals surface area (Å²) in [7, 11) is 0. The standard InChI is InChI=1S/C21H25N5O6.Na.H/c27-19(10-4-6-12-23-18-9-3-5-11-22-18)24-14-20(28)25-16(13-21(29)30)15-7-1-2-8-17(15)26(31)32;;/h1-3,5,7-9,11,16H,4,6,10,12-14H2,(H,22,23)(H,24,27)(H,25,28)(H,29,30);;/q;+1;-1. The summed E-state index contributed by atoms with van der Waals surface area (Å²) in [5.74, 6) is -1.43. The largest absolute Gasteiger partial charge is 1.00 e. The molecule has 0 aliphatic carbocycles. The number of aromatic nitrogens is 1. The molecule has 0 saturated heterocycles. The van der Waals surface area contributed by atoms with Gasteiger partial charge in [0.2, 0.25) is 11.8 Å². The van der Waals surface area contributed by atoms with Gasteiger partial charge >= 0.3 is 35.5 Å². The maximum Gasteiger partial charge on any atom is 1.00 e. The van der Waals surface area contributed by atoms with Crippen molar-refractivity contribution in [1.29, 1.82) is 0 Å². The van der Waals surface area contributed by atoms with Crippen LogP contribution in [-0.4, -0.2) is 45.9 Å². The monoisotopic (exact) mass is 467 g/mol. The molecule has 12 heteroatoms. The van der Waals surface area contributed by atoms with Crippen LogP contribution in [0.25, 0.3) is 0 Å². The summed E-state index contributed by atoms with van der Waals surface area (Å²) >= 11 is 0. The Labute approximate surface area is 214 Å². The molecule has 2 aromatic rings. The van der Waals surface area contributed by atoms with Gasteiger partial charge in [-0.2, -0.15) is 0 Å². The Hall–Kier alpha value is -3.02. The summed E-state index contributed by atoms with van der Waals surface area (Å²) in [5.41, 5.74) is -0.206. The number of carboxylic acid groups (broad SMARTS) is 1. The topological polar surface area (TPSA) is 164 Å². The molecule has 1 aromatic carbocycles. The molecule has 0 saturated carbocycles. The number of benzene rings is 1. The van der Waals surface area contributed by atoms with Crippen LogP contribution < -0.4 is 45.5 Å². The van der Waals surface area contributed by atoms with Crippen molar-refractivity contribution in [2.75, 3.05) is 18.4 Å². The van der Waals surface area contributed by atoms with Crippen LogP contribution in [0.2, 0.25) is 0 Å². The number of pyridine rings is 1. The van der Waals surface area contributed by atoms with Crippen LogP contribution in [0.15, 0.2) is 48.7 Å². The quantitative estimate of drug-likeness (QED) is 0.128. The number of unbranched alkanes of at least 4 members (excludes halogenated alkanes) is 1. The van der Waals surface area contributed by atoms with E-state index in [4.69, 9.17) is 5.11 Å². The smallest absolute Gasteiger partial charge is 1.00 e. The molecule has 1 aromatic heterocycles. The van der Waals surface area contributed by atoms with E-state index in [1.165, 1.54) is 24.3 Å². The fourth-order valence-electron chi connectivity index (χ4n) is 2.97. The molecule has 2 rings (SSSR count). The first-order chi connectivity index (χ1) is 15.4. The fraction of sp³-hybridized carbons (Fsp3) is 0.333. The van der Waals surface area contributed by atoms with Crippen molar-refractivity contribution < 1.29 is 55.4 Å². The van der Waals surface area contributed by atoms with E-state index >= 15 is 0 Å². The second-order valence-corrected chi connectivity index (χ2v) is 6.91. The van der Waals surface area contributed by atoms with E-state index in [9.17, 15) is 24.5 Å². The molecule has 0 radical (unpaired) electrons. The van der Waals surface area contributed by atoms with E-state index in [0.29, 0.717) is 13.0 Å². The summed E-state index contributed by atoms with van der Waals surface area (Å²) in [6.07, 6.45) is 2.70. The number of carbonyl (C=O) groups is 3. The van der Waals surface area contributed by atoms with Gasteiger partial charge in [-0.1, -0.05) is 24.3 Å². The Balaban J connectivity index is 0.00000544. The predicted octanol–water partition coefficient (Wildman–Crippen LogP) is -0.863. The van der Waals surface area contributed by atoms with Crippen LogP contribution in [-0.2, 0) is 14.4 Å². The molecule has 2 amide bonds. The third-order valence-electron chi connectivity index (χ3n) is 4.47. The molecule has 0 fully saturated rings. The molecule has 11 nitrogen and oxygen atoms in total. The summed E-state index contributed by atoms with van der Waals surface area (Å²) < 4.78 is 0. The average molecular weight is 467 g/mol. The van der Waals surface area contributed by atoms with E-state index in [2.05, 4.69) is 20.9 Å². The van der Waals surface area contributed by atoms with E-state index in [0.717, 1.165) is 12.2 Å². The van der Waals surface area contributed by atoms with Crippen LogP contribution in [0.4, 0.5) is 11.5 Å². The molecule has 1 unspecified atom stereocenters. The van der Waals surface area contributed by atoms with Crippen molar-refractivity contribution in [3.63, 3.8) is 0 Å². The Kier molecular flexibility index (Phi) is 12.7. The van der Waals surface area contributed by atoms with Gasteiger partial charge in [0.25, 0.3) is 5.69 Å². The molecule has 0 aliphatic rings. The number of nitro groups is 1. The third kappa shape index (κ3) is 10.4. The summed E-state index contributed by atoms with van der Waals surface area (Å²) in [4.78, 5) is 50.1. The molecular weight excluding hydrogens is 441 g/mol. The van der Waals surface area contributed by atoms with Crippen LogP contribution in [0.1, 0.15) is 38.7 Å². The molecule has 1 atom stereocenters. The minimum Gasteiger partial charge on any atom is -1.00 e. The van der Waals surface area contributed by atoms with Crippen LogP contribution in [0, 0.1) is 10.1 Å². The maximum atomic E-state index is 12.2. The average Bonchev–Trinajstić information content (AvgIpc) is 2.77. The van der Waals surface area contributed by atoms with E-state index < -0.39 is 29.3 Å². The van der Waals surface area contributed by atoms with Gasteiger partial charge in [-0.15, -0.1) is 0 Å². The summed E-state index contributed by atoms with van der Waals surface area (Å²) in [6.45, 7) is 0.291. The second kappa shape index (κ2) is 14.9. The van der Waals surface area contributed by atoms with Gasteiger partial charge in [0.1, 0.15) is 5.82 Å². The van der Waals surface area contributed by atoms with Crippen LogP contribution in [0.5, 0.6) is 0 Å². The molecule has 172 valence electrons. The zero-order chi connectivity index (χ0) is 23.3. The molecule has 0 bridgehead atoms. The number of anilines is 1. The van der Waals surface area contributed by atoms with Gasteiger partial charge in [-0.05, 0) is 25.0 Å². The second-order valence-electron chi connectivity index (χ2n) is 6.91. The predicted molar refractivity (Wildman–Crippen MR) is 117 cm³/mol. The zero-order valence-electron chi connectivity index (χ0n) is 19.3. The van der Waals surface area contributed by atoms with Gasteiger partial charge in [-0.3, -0.25) is 24.5 Å². The Morgan fingerprint density at radius 3 is 2.48 bits per heavy atom. The van der Waals surface area contributed by atoms with E-state index in [-0.39, 0.29) is 61.1 Å². The summed E-state index contributed by atoms with van der Waals surface area (Å²) in [5, 5.41) is 28.4. The Morgan fingerprint density at radius 1 is 1.09 bits per heavy atom. The van der Waals surface area contributed by atoms with Gasteiger partial charge in [-0.25, -0.2) is 4.98 Å². The number of nitrogens with zero attached hydrogens (tertiary/aromatic N) is 2. The Morgan fingerprint density at radius 2 is 1.82 bits per heavy atom. The fourth-order valence-corrected chi connectivity index (χ4v) is 2.97. The number of hydrogen-bond acceptors (Lipinski definition) is 7. The number of para-hydroxylation sites is 1. The van der Waals surface area contributed by atoms with Crippen molar-refractivity contribution in [3.05, 3.63) is 64.3 Å². The van der Waals surface area contributed by atoms with Crippen molar-refractivity contribution in [2.45, 2.75) is 31.7 Å². The molecule has 4 N–H and O–H groups in total. The molecular formula is C21H26N5NaO6. The van der Waals surface area contributed by atoms with Crippen LogP contribution >= 0.6 is 0 Å². The van der Waals surface area contributed by atoms with Crippen molar-refractivity contribution in [2.24, 2.45) is 0 Å². The first kappa shape index (κ1) is 28.0. The number of carboxylic acids is 1. The molecule has 0 spiro atoms. The first-order valence-corrected chi connectivity index (χ1v) is 10.0. The zero-order valence-corrected chi connectivity index (χ0v) is 20.3. The number of hydrogen-bond donors (Lipinski definition) is 4. The van der Waals surface area contributed by atoms with Crippen molar-refractivity contribution >= 4 is 29.3 Å². The number of amides is 2. The number of rotatable bonds is 13. The van der Waals surface area contributed by atoms with E-state index in [1.807, 2.05) is 18.2 Å². The van der Waals surface area contributed by atoms with Gasteiger partial charge in [0.15, 0.2) is 0 Å². The number of aliphatic carboxylic acids is 1. The summed E-state index contributed by atoms with van der Waals surface area (Å²) in [6, 6.07) is 10.0. The van der Waals surface area contributed by atoms with Gasteiger partial charge in [0.05, 0.1) is 29.5 Å². The van der Waals surface area contributed by atoms with E-state index in [1.54, 1.807) is 6.20 Å². The minimum atomic E-state index is -1.23. The Bertz CT molecular complexity index is 950. The number of nitrogens with one attached hydrogen (secondary N) is 3. The van der Waals surface area contributed by atoms with Gasteiger partial charge < -0.3 is 22.5 Å². The van der Waals surface area contributed by atoms with Crippen molar-refractivity contribution in [1.82, 2.24) is 15.6 Å². The molecule has 1 heterocycles. The molecule has 33 heavy (non-hydrogen) atoms. The minimum absolute atomic E-state index is 0. The molecule has 0 aliphatic heterocycles. The normalized spacial score (nSPS) is 10.9. The van der Waals surface area contributed by atoms with Gasteiger partial charge in [0, 0.05) is 25.2 Å². The third-order valence-corrected chi connectivity index (χ3v) is 4.47. The number of carbonyl (C=O) groups excluding carboxylic acids is 2.